The molecular formula is C20H28O2. The summed E-state index contributed by atoms with van der Waals surface area (Å²) in [6, 6.07) is 0. The maximum Gasteiger partial charge on any atom is 0.139 e. The molecule has 2 fully saturated rings. The lowest BCUT2D eigenvalue weighted by molar-refractivity contribution is -0.131. The highest BCUT2D eigenvalue weighted by Gasteiger charge is 2.58. The molecule has 0 bridgehead atoms. The van der Waals surface area contributed by atoms with Crippen molar-refractivity contribution in [1.82, 2.24) is 0 Å². The second-order valence-corrected chi connectivity index (χ2v) is 8.42. The molecule has 0 radical (unpaired) electrons. The zero-order chi connectivity index (χ0) is 15.5. The van der Waals surface area contributed by atoms with Crippen molar-refractivity contribution < 1.29 is 9.53 Å². The Labute approximate surface area is 134 Å². The largest absolute Gasteiger partial charge is 0.501 e. The number of hydrogen-bond acceptors (Lipinski definition) is 2. The van der Waals surface area contributed by atoms with E-state index in [0.717, 1.165) is 49.7 Å². The lowest BCUT2D eigenvalue weighted by atomic mass is 9.49. The van der Waals surface area contributed by atoms with Crippen LogP contribution in [-0.2, 0) is 9.53 Å². The summed E-state index contributed by atoms with van der Waals surface area (Å²) < 4.78 is 5.50. The Morgan fingerprint density at radius 3 is 2.64 bits per heavy atom. The molecule has 0 aliphatic heterocycles. The lowest BCUT2D eigenvalue weighted by Gasteiger charge is -2.55. The van der Waals surface area contributed by atoms with Gasteiger partial charge in [0.2, 0.25) is 0 Å². The minimum Gasteiger partial charge on any atom is -0.501 e. The maximum absolute atomic E-state index is 12.4. The molecule has 0 heterocycles. The quantitative estimate of drug-likeness (QED) is 0.704. The summed E-state index contributed by atoms with van der Waals surface area (Å²) >= 11 is 0. The van der Waals surface area contributed by atoms with Crippen molar-refractivity contribution in [2.24, 2.45) is 28.6 Å². The Kier molecular flexibility index (Phi) is 3.12. The Morgan fingerprint density at radius 2 is 1.86 bits per heavy atom. The van der Waals surface area contributed by atoms with Crippen molar-refractivity contribution in [2.75, 3.05) is 7.11 Å². The zero-order valence-corrected chi connectivity index (χ0v) is 14.2. The molecule has 0 saturated heterocycles. The number of carbonyl (C=O) groups is 1. The van der Waals surface area contributed by atoms with Crippen molar-refractivity contribution in [3.8, 4) is 0 Å². The molecule has 4 rings (SSSR count). The first-order chi connectivity index (χ1) is 10.5. The minimum atomic E-state index is -0.00886. The Bertz CT molecular complexity index is 572. The molecule has 2 nitrogen and oxygen atoms in total. The fraction of sp³-hybridized carbons (Fsp3) is 0.750. The molecule has 2 saturated carbocycles. The molecule has 0 aromatic carbocycles. The average Bonchev–Trinajstić information content (AvgIpc) is 2.82. The number of hydrogen-bond donors (Lipinski definition) is 0. The first-order valence-electron chi connectivity index (χ1n) is 8.97. The van der Waals surface area contributed by atoms with Crippen LogP contribution in [0.4, 0.5) is 0 Å². The molecule has 0 amide bonds. The minimum absolute atomic E-state index is 0.00886. The van der Waals surface area contributed by atoms with Gasteiger partial charge in [-0.25, -0.2) is 0 Å². The van der Waals surface area contributed by atoms with Crippen LogP contribution in [0.15, 0.2) is 23.5 Å². The molecule has 22 heavy (non-hydrogen) atoms. The third-order valence-electron chi connectivity index (χ3n) is 7.70. The van der Waals surface area contributed by atoms with Gasteiger partial charge in [-0.15, -0.1) is 0 Å². The highest BCUT2D eigenvalue weighted by molar-refractivity contribution is 5.87. The number of methoxy groups -OCH3 is 1. The molecule has 5 atom stereocenters. The predicted octanol–water partition coefficient (Wildman–Crippen LogP) is 4.66. The Morgan fingerprint density at radius 1 is 1.09 bits per heavy atom. The van der Waals surface area contributed by atoms with Crippen LogP contribution in [0, 0.1) is 28.6 Å². The average molecular weight is 300 g/mol. The summed E-state index contributed by atoms with van der Waals surface area (Å²) in [5.74, 6) is 3.78. The van der Waals surface area contributed by atoms with E-state index >= 15 is 0 Å². The molecule has 0 aromatic heterocycles. The number of ether oxygens (including phenoxy) is 1. The number of allylic oxidation sites excluding steroid dienone is 4. The smallest absolute Gasteiger partial charge is 0.139 e. The highest BCUT2D eigenvalue weighted by Crippen LogP contribution is 2.63. The predicted molar refractivity (Wildman–Crippen MR) is 87.2 cm³/mol. The molecule has 4 aliphatic carbocycles. The normalized spacial score (nSPS) is 47.0. The SMILES string of the molecule is COC1=CC2=CC[C@H]3[C@H]4CCC(=O)[C@]4(C)CC[C@H]3[C@@]2(C)CC1. The van der Waals surface area contributed by atoms with E-state index in [9.17, 15) is 4.79 Å². The van der Waals surface area contributed by atoms with Gasteiger partial charge >= 0.3 is 0 Å². The standard InChI is InChI=1S/C20H28O2/c1-19-10-8-14(22-3)12-13(19)4-5-15-16-6-7-18(21)20(16,2)11-9-17(15)19/h4,12,15-17H,5-11H2,1-3H3/t15-,16+,17+,19-,20+/m0/s1. The molecule has 0 spiro atoms. The molecule has 2 heteroatoms. The van der Waals surface area contributed by atoms with Crippen molar-refractivity contribution in [3.63, 3.8) is 0 Å². The third-order valence-corrected chi connectivity index (χ3v) is 7.70. The summed E-state index contributed by atoms with van der Waals surface area (Å²) in [5, 5.41) is 0. The molecular weight excluding hydrogens is 272 g/mol. The molecule has 4 aliphatic rings. The monoisotopic (exact) mass is 300 g/mol. The summed E-state index contributed by atoms with van der Waals surface area (Å²) in [5.41, 5.74) is 1.80. The van der Waals surface area contributed by atoms with Crippen LogP contribution in [0.5, 0.6) is 0 Å². The lowest BCUT2D eigenvalue weighted by Crippen LogP contribution is -2.49. The van der Waals surface area contributed by atoms with Crippen LogP contribution in [0.25, 0.3) is 0 Å². The van der Waals surface area contributed by atoms with Gasteiger partial charge in [0.25, 0.3) is 0 Å². The van der Waals surface area contributed by atoms with Gasteiger partial charge in [-0.3, -0.25) is 4.79 Å². The number of ketones is 1. The van der Waals surface area contributed by atoms with Crippen LogP contribution < -0.4 is 0 Å². The van der Waals surface area contributed by atoms with E-state index in [1.807, 2.05) is 0 Å². The number of carbonyl (C=O) groups excluding carboxylic acids is 1. The zero-order valence-electron chi connectivity index (χ0n) is 14.2. The van der Waals surface area contributed by atoms with Crippen LogP contribution in [0.2, 0.25) is 0 Å². The second-order valence-electron chi connectivity index (χ2n) is 8.42. The van der Waals surface area contributed by atoms with E-state index in [1.165, 1.54) is 18.4 Å². The van der Waals surface area contributed by atoms with E-state index in [2.05, 4.69) is 26.0 Å². The van der Waals surface area contributed by atoms with Crippen LogP contribution in [-0.4, -0.2) is 12.9 Å². The van der Waals surface area contributed by atoms with Gasteiger partial charge in [0.15, 0.2) is 0 Å². The van der Waals surface area contributed by atoms with E-state index in [0.29, 0.717) is 17.1 Å². The summed E-state index contributed by atoms with van der Waals surface area (Å²) in [7, 11) is 1.79. The number of fused-ring (bicyclic) bond motifs is 5. The van der Waals surface area contributed by atoms with E-state index in [4.69, 9.17) is 4.74 Å². The fourth-order valence-corrected chi connectivity index (χ4v) is 6.23. The van der Waals surface area contributed by atoms with Crippen LogP contribution >= 0.6 is 0 Å². The Hall–Kier alpha value is -1.05. The summed E-state index contributed by atoms with van der Waals surface area (Å²) in [6.45, 7) is 4.73. The Balaban J connectivity index is 1.71. The fourth-order valence-electron chi connectivity index (χ4n) is 6.23. The van der Waals surface area contributed by atoms with Gasteiger partial charge in [0.1, 0.15) is 5.78 Å². The van der Waals surface area contributed by atoms with Gasteiger partial charge in [-0.1, -0.05) is 19.9 Å². The van der Waals surface area contributed by atoms with Gasteiger partial charge in [0, 0.05) is 18.3 Å². The van der Waals surface area contributed by atoms with Crippen LogP contribution in [0.1, 0.15) is 58.8 Å². The van der Waals surface area contributed by atoms with E-state index in [1.54, 1.807) is 7.11 Å². The first kappa shape index (κ1) is 14.5. The molecule has 0 N–H and O–H groups in total. The van der Waals surface area contributed by atoms with Gasteiger partial charge < -0.3 is 4.74 Å². The van der Waals surface area contributed by atoms with Crippen molar-refractivity contribution in [2.45, 2.75) is 58.8 Å². The second kappa shape index (κ2) is 4.72. The van der Waals surface area contributed by atoms with Gasteiger partial charge in [0.05, 0.1) is 12.9 Å². The number of Topliss-reactive ketones (excluding diaryl/α,β-unsaturated/α-hetero) is 1. The molecule has 0 unspecified atom stereocenters. The summed E-state index contributed by atoms with van der Waals surface area (Å²) in [6.07, 6.45) is 12.5. The van der Waals surface area contributed by atoms with E-state index < -0.39 is 0 Å². The summed E-state index contributed by atoms with van der Waals surface area (Å²) in [4.78, 5) is 12.4. The number of rotatable bonds is 1. The highest BCUT2D eigenvalue weighted by atomic mass is 16.5. The topological polar surface area (TPSA) is 26.3 Å². The molecule has 0 aromatic rings. The molecule has 120 valence electrons. The maximum atomic E-state index is 12.4. The first-order valence-corrected chi connectivity index (χ1v) is 8.97. The van der Waals surface area contributed by atoms with Crippen molar-refractivity contribution in [1.29, 1.82) is 0 Å². The van der Waals surface area contributed by atoms with Gasteiger partial charge in [-0.2, -0.15) is 0 Å². The van der Waals surface area contributed by atoms with E-state index in [-0.39, 0.29) is 5.41 Å². The van der Waals surface area contributed by atoms with Crippen molar-refractivity contribution in [3.05, 3.63) is 23.5 Å². The van der Waals surface area contributed by atoms with Crippen LogP contribution in [0.3, 0.4) is 0 Å². The van der Waals surface area contributed by atoms with Gasteiger partial charge in [-0.05, 0) is 66.9 Å². The third kappa shape index (κ3) is 1.76. The van der Waals surface area contributed by atoms with Crippen molar-refractivity contribution >= 4 is 5.78 Å².